The van der Waals surface area contributed by atoms with E-state index in [9.17, 15) is 9.59 Å². The molecule has 0 saturated carbocycles. The van der Waals surface area contributed by atoms with Gasteiger partial charge in [0, 0.05) is 13.1 Å². The lowest BCUT2D eigenvalue weighted by Crippen LogP contribution is -2.49. The maximum absolute atomic E-state index is 11.5. The van der Waals surface area contributed by atoms with Crippen molar-refractivity contribution in [3.63, 3.8) is 0 Å². The molecule has 0 aliphatic carbocycles. The molecule has 16 heavy (non-hydrogen) atoms. The van der Waals surface area contributed by atoms with E-state index in [0.717, 1.165) is 4.90 Å². The van der Waals surface area contributed by atoms with Crippen molar-refractivity contribution in [2.75, 3.05) is 26.3 Å². The highest BCUT2D eigenvalue weighted by molar-refractivity contribution is 5.82. The lowest BCUT2D eigenvalue weighted by Gasteiger charge is -2.23. The fraction of sp³-hybridized carbons (Fsp3) is 0.778. The van der Waals surface area contributed by atoms with Gasteiger partial charge in [-0.25, -0.2) is 9.59 Å². The summed E-state index contributed by atoms with van der Waals surface area (Å²) in [4.78, 5) is 23.4. The summed E-state index contributed by atoms with van der Waals surface area (Å²) in [6.45, 7) is 1.28. The largest absolute Gasteiger partial charge is 0.480 e. The average molecular weight is 234 g/mol. The summed E-state index contributed by atoms with van der Waals surface area (Å²) in [6.07, 6.45) is 0.271. The molecule has 0 spiro atoms. The summed E-state index contributed by atoms with van der Waals surface area (Å²) in [5.41, 5.74) is 0. The van der Waals surface area contributed by atoms with E-state index in [0.29, 0.717) is 0 Å². The second-order valence-electron chi connectivity index (χ2n) is 3.18. The number of aliphatic carboxylic acids is 1. The van der Waals surface area contributed by atoms with Gasteiger partial charge in [-0.05, 0) is 6.42 Å². The fourth-order valence-electron chi connectivity index (χ4n) is 1.14. The Labute approximate surface area is 93.7 Å². The van der Waals surface area contributed by atoms with E-state index in [1.807, 2.05) is 0 Å². The average Bonchev–Trinajstić information content (AvgIpc) is 2.24. The summed E-state index contributed by atoms with van der Waals surface area (Å²) in [7, 11) is 0. The number of carboxylic acids is 1. The Balaban J connectivity index is 4.32. The molecular weight excluding hydrogens is 216 g/mol. The van der Waals surface area contributed by atoms with E-state index < -0.39 is 18.0 Å². The number of amides is 2. The van der Waals surface area contributed by atoms with Gasteiger partial charge in [-0.15, -0.1) is 0 Å². The zero-order valence-corrected chi connectivity index (χ0v) is 9.22. The highest BCUT2D eigenvalue weighted by atomic mass is 16.4. The number of aliphatic hydroxyl groups excluding tert-OH is 2. The SMILES string of the molecule is CC[C@@H](NC(=O)N(CCO)CCO)C(=O)O. The van der Waals surface area contributed by atoms with E-state index >= 15 is 0 Å². The van der Waals surface area contributed by atoms with Crippen molar-refractivity contribution in [1.82, 2.24) is 10.2 Å². The molecule has 0 aromatic rings. The highest BCUT2D eigenvalue weighted by Gasteiger charge is 2.20. The smallest absolute Gasteiger partial charge is 0.326 e. The van der Waals surface area contributed by atoms with Crippen LogP contribution in [0.25, 0.3) is 0 Å². The minimum atomic E-state index is -1.11. The first-order valence-electron chi connectivity index (χ1n) is 5.06. The van der Waals surface area contributed by atoms with E-state index in [1.54, 1.807) is 6.92 Å². The van der Waals surface area contributed by atoms with Crippen LogP contribution in [0.1, 0.15) is 13.3 Å². The van der Waals surface area contributed by atoms with Crippen LogP contribution in [0, 0.1) is 0 Å². The second kappa shape index (κ2) is 7.89. The molecule has 1 atom stereocenters. The van der Waals surface area contributed by atoms with Crippen LogP contribution in [0.15, 0.2) is 0 Å². The molecule has 0 heterocycles. The van der Waals surface area contributed by atoms with Gasteiger partial charge in [0.25, 0.3) is 0 Å². The van der Waals surface area contributed by atoms with Gasteiger partial charge in [-0.3, -0.25) is 0 Å². The summed E-state index contributed by atoms with van der Waals surface area (Å²) >= 11 is 0. The number of nitrogens with zero attached hydrogens (tertiary/aromatic N) is 1. The molecule has 0 radical (unpaired) electrons. The molecule has 7 heteroatoms. The first kappa shape index (κ1) is 14.7. The van der Waals surface area contributed by atoms with E-state index in [1.165, 1.54) is 0 Å². The normalized spacial score (nSPS) is 11.9. The molecule has 0 aliphatic rings. The van der Waals surface area contributed by atoms with Gasteiger partial charge in [0.1, 0.15) is 6.04 Å². The van der Waals surface area contributed by atoms with Crippen LogP contribution in [0.4, 0.5) is 4.79 Å². The Morgan fingerprint density at radius 3 is 2.06 bits per heavy atom. The number of rotatable bonds is 7. The van der Waals surface area contributed by atoms with Crippen molar-refractivity contribution in [1.29, 1.82) is 0 Å². The zero-order chi connectivity index (χ0) is 12.6. The minimum Gasteiger partial charge on any atom is -0.480 e. The van der Waals surface area contributed by atoms with Crippen molar-refractivity contribution in [3.05, 3.63) is 0 Å². The van der Waals surface area contributed by atoms with Gasteiger partial charge >= 0.3 is 12.0 Å². The van der Waals surface area contributed by atoms with E-state index in [2.05, 4.69) is 5.32 Å². The first-order chi connectivity index (χ1) is 7.56. The number of hydrogen-bond acceptors (Lipinski definition) is 4. The molecule has 2 amide bonds. The molecule has 0 aliphatic heterocycles. The maximum atomic E-state index is 11.5. The van der Waals surface area contributed by atoms with Crippen molar-refractivity contribution < 1.29 is 24.9 Å². The molecular formula is C9H18N2O5. The number of carbonyl (C=O) groups is 2. The Kier molecular flexibility index (Phi) is 7.23. The van der Waals surface area contributed by atoms with Crippen LogP contribution in [-0.2, 0) is 4.79 Å². The molecule has 0 saturated heterocycles. The van der Waals surface area contributed by atoms with Crippen LogP contribution in [0.5, 0.6) is 0 Å². The van der Waals surface area contributed by atoms with Gasteiger partial charge in [-0.1, -0.05) is 6.92 Å². The standard InChI is InChI=1S/C9H18N2O5/c1-2-7(8(14)15)10-9(16)11(3-5-12)4-6-13/h7,12-13H,2-6H2,1H3,(H,10,16)(H,14,15)/t7-/m1/s1. The lowest BCUT2D eigenvalue weighted by atomic mass is 10.2. The van der Waals surface area contributed by atoms with Crippen molar-refractivity contribution in [3.8, 4) is 0 Å². The predicted octanol–water partition coefficient (Wildman–Crippen LogP) is -1.15. The Morgan fingerprint density at radius 2 is 1.75 bits per heavy atom. The summed E-state index contributed by atoms with van der Waals surface area (Å²) in [5, 5.41) is 28.4. The van der Waals surface area contributed by atoms with Crippen LogP contribution in [0.2, 0.25) is 0 Å². The Morgan fingerprint density at radius 1 is 1.25 bits per heavy atom. The zero-order valence-electron chi connectivity index (χ0n) is 9.22. The second-order valence-corrected chi connectivity index (χ2v) is 3.18. The number of carboxylic acid groups (broad SMARTS) is 1. The first-order valence-corrected chi connectivity index (χ1v) is 5.06. The van der Waals surface area contributed by atoms with Crippen LogP contribution < -0.4 is 5.32 Å². The summed E-state index contributed by atoms with van der Waals surface area (Å²) in [5.74, 6) is -1.11. The summed E-state index contributed by atoms with van der Waals surface area (Å²) in [6, 6.07) is -1.55. The van der Waals surface area contributed by atoms with Gasteiger partial charge in [-0.2, -0.15) is 0 Å². The molecule has 4 N–H and O–H groups in total. The third-order valence-electron chi connectivity index (χ3n) is 2.03. The monoisotopic (exact) mass is 234 g/mol. The van der Waals surface area contributed by atoms with Gasteiger partial charge in [0.2, 0.25) is 0 Å². The van der Waals surface area contributed by atoms with Gasteiger partial charge in [0.05, 0.1) is 13.2 Å². The molecule has 0 fully saturated rings. The fourth-order valence-corrected chi connectivity index (χ4v) is 1.14. The molecule has 0 aromatic carbocycles. The van der Waals surface area contributed by atoms with Crippen LogP contribution in [0.3, 0.4) is 0 Å². The maximum Gasteiger partial charge on any atom is 0.326 e. The number of urea groups is 1. The van der Waals surface area contributed by atoms with Crippen molar-refractivity contribution in [2.45, 2.75) is 19.4 Å². The van der Waals surface area contributed by atoms with Gasteiger partial charge < -0.3 is 25.5 Å². The lowest BCUT2D eigenvalue weighted by molar-refractivity contribution is -0.139. The molecule has 0 rings (SSSR count). The molecule has 0 aromatic heterocycles. The number of nitrogens with one attached hydrogen (secondary N) is 1. The van der Waals surface area contributed by atoms with Crippen LogP contribution in [-0.4, -0.2) is 64.6 Å². The quantitative estimate of drug-likeness (QED) is 0.444. The van der Waals surface area contributed by atoms with E-state index in [4.69, 9.17) is 15.3 Å². The van der Waals surface area contributed by atoms with Crippen LogP contribution >= 0.6 is 0 Å². The summed E-state index contributed by atoms with van der Waals surface area (Å²) < 4.78 is 0. The molecule has 0 unspecified atom stereocenters. The molecule has 94 valence electrons. The van der Waals surface area contributed by atoms with Crippen molar-refractivity contribution >= 4 is 12.0 Å². The number of hydrogen-bond donors (Lipinski definition) is 4. The highest BCUT2D eigenvalue weighted by Crippen LogP contribution is 1.95. The Hall–Kier alpha value is -1.34. The number of carbonyl (C=O) groups excluding carboxylic acids is 1. The van der Waals surface area contributed by atoms with Crippen molar-refractivity contribution in [2.24, 2.45) is 0 Å². The third-order valence-corrected chi connectivity index (χ3v) is 2.03. The molecule has 0 bridgehead atoms. The topological polar surface area (TPSA) is 110 Å². The minimum absolute atomic E-state index is 0.0580. The number of aliphatic hydroxyl groups is 2. The predicted molar refractivity (Wildman–Crippen MR) is 56.0 cm³/mol. The van der Waals surface area contributed by atoms with E-state index in [-0.39, 0.29) is 32.7 Å². The Bertz CT molecular complexity index is 228. The third kappa shape index (κ3) is 4.94. The van der Waals surface area contributed by atoms with Gasteiger partial charge in [0.15, 0.2) is 0 Å². The molecule has 7 nitrogen and oxygen atoms in total.